The van der Waals surface area contributed by atoms with E-state index in [4.69, 9.17) is 9.47 Å². The number of hydrogen-bond donors (Lipinski definition) is 1. The molecule has 0 radical (unpaired) electrons. The summed E-state index contributed by atoms with van der Waals surface area (Å²) in [4.78, 5) is 17.4. The average Bonchev–Trinajstić information content (AvgIpc) is 3.17. The lowest BCUT2D eigenvalue weighted by Gasteiger charge is -2.06. The largest absolute Gasteiger partial charge is 0.497 e. The molecule has 122 valence electrons. The fourth-order valence-electron chi connectivity index (χ4n) is 2.75. The minimum atomic E-state index is -0.103. The first-order valence-electron chi connectivity index (χ1n) is 7.69. The summed E-state index contributed by atoms with van der Waals surface area (Å²) in [6.07, 6.45) is 6.53. The third-order valence-electron chi connectivity index (χ3n) is 3.95. The molecule has 1 aromatic carbocycles. The van der Waals surface area contributed by atoms with Crippen molar-refractivity contribution in [3.8, 4) is 11.5 Å². The predicted octanol–water partition coefficient (Wildman–Crippen LogP) is 3.21. The molecule has 1 aliphatic heterocycles. The number of amidine groups is 1. The van der Waals surface area contributed by atoms with Crippen molar-refractivity contribution in [2.45, 2.75) is 31.7 Å². The quantitative estimate of drug-likeness (QED) is 0.860. The maximum absolute atomic E-state index is 12.1. The van der Waals surface area contributed by atoms with E-state index in [0.717, 1.165) is 18.4 Å². The Morgan fingerprint density at radius 2 is 1.83 bits per heavy atom. The second-order valence-electron chi connectivity index (χ2n) is 5.58. The van der Waals surface area contributed by atoms with E-state index in [2.05, 4.69) is 10.3 Å². The van der Waals surface area contributed by atoms with Gasteiger partial charge in [0.1, 0.15) is 11.5 Å². The number of nitrogens with zero attached hydrogens (tertiary/aromatic N) is 1. The van der Waals surface area contributed by atoms with Crippen LogP contribution in [0.4, 0.5) is 0 Å². The highest BCUT2D eigenvalue weighted by Gasteiger charge is 2.25. The number of hydrogen-bond acceptors (Lipinski definition) is 5. The lowest BCUT2D eigenvalue weighted by Crippen LogP contribution is -2.21. The van der Waals surface area contributed by atoms with E-state index in [0.29, 0.717) is 27.6 Å². The molecule has 0 spiro atoms. The van der Waals surface area contributed by atoms with Gasteiger partial charge in [-0.15, -0.1) is 0 Å². The Bertz CT molecular complexity index is 642. The average molecular weight is 332 g/mol. The van der Waals surface area contributed by atoms with Crippen molar-refractivity contribution in [1.82, 2.24) is 5.32 Å². The predicted molar refractivity (Wildman–Crippen MR) is 92.9 cm³/mol. The smallest absolute Gasteiger partial charge is 0.264 e. The molecule has 6 heteroatoms. The number of amides is 1. The summed E-state index contributed by atoms with van der Waals surface area (Å²) in [5.74, 6) is 1.28. The Morgan fingerprint density at radius 3 is 2.43 bits per heavy atom. The van der Waals surface area contributed by atoms with Crippen LogP contribution in [0.15, 0.2) is 28.1 Å². The molecule has 5 nitrogen and oxygen atoms in total. The van der Waals surface area contributed by atoms with Crippen LogP contribution in [0.25, 0.3) is 6.08 Å². The topological polar surface area (TPSA) is 59.9 Å². The normalized spacial score (nSPS) is 21.9. The fourth-order valence-corrected chi connectivity index (χ4v) is 3.64. The molecular weight excluding hydrogens is 312 g/mol. The number of carbonyl (C=O) groups excluding carboxylic acids is 1. The van der Waals surface area contributed by atoms with Crippen molar-refractivity contribution < 1.29 is 14.3 Å². The van der Waals surface area contributed by atoms with Gasteiger partial charge in [0.15, 0.2) is 5.17 Å². The van der Waals surface area contributed by atoms with Crippen LogP contribution in [-0.2, 0) is 4.79 Å². The molecule has 1 saturated heterocycles. The van der Waals surface area contributed by atoms with Gasteiger partial charge in [0, 0.05) is 6.07 Å². The third kappa shape index (κ3) is 3.88. The minimum Gasteiger partial charge on any atom is -0.497 e. The number of carbonyl (C=O) groups is 1. The zero-order valence-corrected chi connectivity index (χ0v) is 14.1. The Labute approximate surface area is 140 Å². The second-order valence-corrected chi connectivity index (χ2v) is 6.61. The zero-order valence-electron chi connectivity index (χ0n) is 13.3. The van der Waals surface area contributed by atoms with Gasteiger partial charge in [0.05, 0.1) is 25.2 Å². The van der Waals surface area contributed by atoms with Gasteiger partial charge in [-0.2, -0.15) is 0 Å². The Kier molecular flexibility index (Phi) is 4.91. The number of ether oxygens (including phenoxy) is 2. The number of thioether (sulfide) groups is 1. The monoisotopic (exact) mass is 332 g/mol. The number of rotatable bonds is 4. The summed E-state index contributed by atoms with van der Waals surface area (Å²) in [5.41, 5.74) is 0.862. The van der Waals surface area contributed by atoms with E-state index in [1.165, 1.54) is 24.6 Å². The molecule has 1 aliphatic carbocycles. The van der Waals surface area contributed by atoms with Gasteiger partial charge in [0.25, 0.3) is 5.91 Å². The van der Waals surface area contributed by atoms with E-state index >= 15 is 0 Å². The Balaban J connectivity index is 1.81. The molecule has 1 aromatic rings. The van der Waals surface area contributed by atoms with Crippen LogP contribution in [0, 0.1) is 0 Å². The van der Waals surface area contributed by atoms with E-state index in [9.17, 15) is 4.79 Å². The van der Waals surface area contributed by atoms with Crippen LogP contribution in [0.3, 0.4) is 0 Å². The van der Waals surface area contributed by atoms with Gasteiger partial charge < -0.3 is 14.8 Å². The number of benzene rings is 1. The van der Waals surface area contributed by atoms with Crippen molar-refractivity contribution in [2.75, 3.05) is 14.2 Å². The van der Waals surface area contributed by atoms with Crippen molar-refractivity contribution in [3.05, 3.63) is 28.7 Å². The molecule has 0 aromatic heterocycles. The van der Waals surface area contributed by atoms with Crippen LogP contribution >= 0.6 is 11.8 Å². The molecule has 0 atom stereocenters. The highest BCUT2D eigenvalue weighted by Crippen LogP contribution is 2.31. The summed E-state index contributed by atoms with van der Waals surface area (Å²) in [5, 5.41) is 3.56. The summed E-state index contributed by atoms with van der Waals surface area (Å²) in [7, 11) is 3.21. The van der Waals surface area contributed by atoms with Crippen molar-refractivity contribution in [2.24, 2.45) is 4.99 Å². The van der Waals surface area contributed by atoms with E-state index in [1.54, 1.807) is 20.3 Å². The standard InChI is InChI=1S/C17H20N2O3S/c1-21-13-7-11(8-14(10-13)22-2)9-15-16(20)19-17(23-15)18-12-5-3-4-6-12/h7-10,12H,3-6H2,1-2H3,(H,18,19,20). The van der Waals surface area contributed by atoms with Gasteiger partial charge in [-0.25, -0.2) is 0 Å². The minimum absolute atomic E-state index is 0.103. The summed E-state index contributed by atoms with van der Waals surface area (Å²) in [6.45, 7) is 0. The van der Waals surface area contributed by atoms with Crippen molar-refractivity contribution in [1.29, 1.82) is 0 Å². The summed E-state index contributed by atoms with van der Waals surface area (Å²) >= 11 is 1.40. The first kappa shape index (κ1) is 15.9. The number of methoxy groups -OCH3 is 2. The molecule has 2 aliphatic rings. The lowest BCUT2D eigenvalue weighted by molar-refractivity contribution is -0.115. The third-order valence-corrected chi connectivity index (χ3v) is 4.87. The molecule has 1 N–H and O–H groups in total. The first-order chi connectivity index (χ1) is 11.2. The number of aliphatic imine (C=N–C) groups is 1. The molecule has 0 unspecified atom stereocenters. The van der Waals surface area contributed by atoms with Gasteiger partial charge in [-0.3, -0.25) is 9.79 Å². The van der Waals surface area contributed by atoms with Crippen LogP contribution in [0.1, 0.15) is 31.2 Å². The highest BCUT2D eigenvalue weighted by molar-refractivity contribution is 8.18. The first-order valence-corrected chi connectivity index (χ1v) is 8.51. The summed E-state index contributed by atoms with van der Waals surface area (Å²) < 4.78 is 10.5. The van der Waals surface area contributed by atoms with Gasteiger partial charge in [-0.1, -0.05) is 12.8 Å². The molecular formula is C17H20N2O3S. The molecule has 0 bridgehead atoms. The van der Waals surface area contributed by atoms with E-state index in [-0.39, 0.29) is 5.91 Å². The van der Waals surface area contributed by atoms with Gasteiger partial charge in [0.2, 0.25) is 0 Å². The molecule has 23 heavy (non-hydrogen) atoms. The Hall–Kier alpha value is -1.95. The number of nitrogens with one attached hydrogen (secondary N) is 1. The van der Waals surface area contributed by atoms with Crippen molar-refractivity contribution >= 4 is 28.9 Å². The molecule has 3 rings (SSSR count). The van der Waals surface area contributed by atoms with Crippen LogP contribution in [0.5, 0.6) is 11.5 Å². The molecule has 2 fully saturated rings. The maximum atomic E-state index is 12.1. The zero-order chi connectivity index (χ0) is 16.2. The van der Waals surface area contributed by atoms with Gasteiger partial charge >= 0.3 is 0 Å². The molecule has 1 amide bonds. The van der Waals surface area contributed by atoms with Crippen LogP contribution in [0.2, 0.25) is 0 Å². The summed E-state index contributed by atoms with van der Waals surface area (Å²) in [6, 6.07) is 5.90. The van der Waals surface area contributed by atoms with E-state index < -0.39 is 0 Å². The SMILES string of the molecule is COc1cc(C=C2SC(=NC3CCCC3)NC2=O)cc(OC)c1. The van der Waals surface area contributed by atoms with Crippen molar-refractivity contribution in [3.63, 3.8) is 0 Å². The van der Waals surface area contributed by atoms with Crippen LogP contribution < -0.4 is 14.8 Å². The van der Waals surface area contributed by atoms with Crippen LogP contribution in [-0.4, -0.2) is 31.3 Å². The lowest BCUT2D eigenvalue weighted by atomic mass is 10.2. The highest BCUT2D eigenvalue weighted by atomic mass is 32.2. The van der Waals surface area contributed by atoms with Gasteiger partial charge in [-0.05, 0) is 48.4 Å². The molecule has 1 heterocycles. The second kappa shape index (κ2) is 7.08. The Morgan fingerprint density at radius 1 is 1.17 bits per heavy atom. The maximum Gasteiger partial charge on any atom is 0.264 e. The van der Waals surface area contributed by atoms with E-state index in [1.807, 2.05) is 18.2 Å². The molecule has 1 saturated carbocycles. The fraction of sp³-hybridized carbons (Fsp3) is 0.412.